The topological polar surface area (TPSA) is 141 Å². The number of nitrogens with zero attached hydrogens (tertiary/aromatic N) is 2. The van der Waals surface area contributed by atoms with Crippen LogP contribution in [0.15, 0.2) is 78.9 Å². The number of esters is 2. The molecule has 2 aromatic heterocycles. The largest absolute Gasteiger partial charge is 0.462 e. The van der Waals surface area contributed by atoms with Gasteiger partial charge in [0, 0.05) is 33.8 Å². The molecule has 1 fully saturated rings. The first-order valence-corrected chi connectivity index (χ1v) is 16.7. The van der Waals surface area contributed by atoms with Gasteiger partial charge in [0.15, 0.2) is 0 Å². The maximum atomic E-state index is 14.0. The molecule has 50 heavy (non-hydrogen) atoms. The van der Waals surface area contributed by atoms with Crippen molar-refractivity contribution in [1.29, 1.82) is 0 Å². The van der Waals surface area contributed by atoms with Crippen LogP contribution in [0.2, 0.25) is 0 Å². The summed E-state index contributed by atoms with van der Waals surface area (Å²) in [6, 6.07) is 24.2. The molecular formula is C39H38FN5O5. The fourth-order valence-corrected chi connectivity index (χ4v) is 6.88. The number of benzene rings is 4. The summed E-state index contributed by atoms with van der Waals surface area (Å²) in [5.74, 6) is -1.45. The Balaban J connectivity index is 1.17. The number of aromatic nitrogens is 3. The Labute approximate surface area is 287 Å². The van der Waals surface area contributed by atoms with Crippen molar-refractivity contribution in [2.45, 2.75) is 70.6 Å². The van der Waals surface area contributed by atoms with Crippen LogP contribution in [0.4, 0.5) is 10.1 Å². The van der Waals surface area contributed by atoms with Crippen molar-refractivity contribution in [2.24, 2.45) is 5.73 Å². The highest BCUT2D eigenvalue weighted by atomic mass is 19.1. The van der Waals surface area contributed by atoms with Crippen LogP contribution < -0.4 is 11.1 Å². The summed E-state index contributed by atoms with van der Waals surface area (Å²) in [7, 11) is 0. The van der Waals surface area contributed by atoms with Gasteiger partial charge >= 0.3 is 11.9 Å². The molecule has 1 aliphatic carbocycles. The molecule has 0 saturated heterocycles. The number of para-hydroxylation sites is 1. The summed E-state index contributed by atoms with van der Waals surface area (Å²) in [5.41, 5.74) is 11.0. The first kappa shape index (κ1) is 32.8. The molecule has 0 atom stereocenters. The highest BCUT2D eigenvalue weighted by Crippen LogP contribution is 2.39. The molecule has 11 heteroatoms. The molecular weight excluding hydrogens is 637 g/mol. The minimum atomic E-state index is -0.676. The third-order valence-electron chi connectivity index (χ3n) is 8.96. The van der Waals surface area contributed by atoms with Crippen molar-refractivity contribution in [2.75, 3.05) is 5.32 Å². The van der Waals surface area contributed by atoms with Crippen molar-refractivity contribution in [3.8, 4) is 17.1 Å². The first-order chi connectivity index (χ1) is 23.9. The summed E-state index contributed by atoms with van der Waals surface area (Å²) in [4.78, 5) is 45.1. The standard InChI is InChI=1S/C39H38FN5O5/c1-39(2,3)50-35(47)21-34(46)49-25-15-12-23(13-16-25)42-30-20-24(14-17-26(30)37(41)48)45-32-9-5-4-7-27(32)36-28(8-6-10-33(36)45)38-43-29-18-11-22(40)19-31(29)44-38/h4-11,14,17-20,23,25,42H,12-13,15-16,21H2,1-3H3,(H2,41,48)(H,43,44). The number of carbonyl (C=O) groups excluding carboxylic acids is 3. The number of fused-ring (bicyclic) bond motifs is 4. The Hall–Kier alpha value is -5.71. The predicted octanol–water partition coefficient (Wildman–Crippen LogP) is 7.56. The van der Waals surface area contributed by atoms with Crippen LogP contribution in [0.5, 0.6) is 0 Å². The van der Waals surface area contributed by atoms with E-state index in [4.69, 9.17) is 20.2 Å². The molecule has 0 bridgehead atoms. The number of nitrogens with one attached hydrogen (secondary N) is 2. The van der Waals surface area contributed by atoms with Crippen molar-refractivity contribution in [1.82, 2.24) is 14.5 Å². The number of primary amides is 1. The second-order valence-electron chi connectivity index (χ2n) is 13.8. The number of ether oxygens (including phenoxy) is 2. The molecule has 0 unspecified atom stereocenters. The average molecular weight is 676 g/mol. The highest BCUT2D eigenvalue weighted by molar-refractivity contribution is 6.15. The Morgan fingerprint density at radius 2 is 1.70 bits per heavy atom. The van der Waals surface area contributed by atoms with Gasteiger partial charge in [-0.2, -0.15) is 0 Å². The van der Waals surface area contributed by atoms with Crippen molar-refractivity contribution in [3.05, 3.63) is 90.2 Å². The van der Waals surface area contributed by atoms with Gasteiger partial charge in [-0.05, 0) is 95.0 Å². The second-order valence-corrected chi connectivity index (χ2v) is 13.8. The normalized spacial score (nSPS) is 16.5. The van der Waals surface area contributed by atoms with E-state index in [1.54, 1.807) is 32.9 Å². The van der Waals surface area contributed by atoms with Crippen LogP contribution in [0, 0.1) is 5.82 Å². The van der Waals surface area contributed by atoms with E-state index >= 15 is 0 Å². The van der Waals surface area contributed by atoms with E-state index < -0.39 is 29.9 Å². The summed E-state index contributed by atoms with van der Waals surface area (Å²) < 4.78 is 26.9. The molecule has 1 saturated carbocycles. The number of halogens is 1. The molecule has 7 rings (SSSR count). The summed E-state index contributed by atoms with van der Waals surface area (Å²) in [6.45, 7) is 5.24. The van der Waals surface area contributed by atoms with Crippen molar-refractivity contribution < 1.29 is 28.2 Å². The zero-order valence-corrected chi connectivity index (χ0v) is 28.1. The van der Waals surface area contributed by atoms with E-state index in [9.17, 15) is 18.8 Å². The molecule has 0 radical (unpaired) electrons. The maximum Gasteiger partial charge on any atom is 0.317 e. The Morgan fingerprint density at radius 3 is 2.46 bits per heavy atom. The molecule has 0 spiro atoms. The maximum absolute atomic E-state index is 14.0. The number of carbonyl (C=O) groups is 3. The van der Waals surface area contributed by atoms with E-state index in [1.807, 2.05) is 48.5 Å². The van der Waals surface area contributed by atoms with Crippen LogP contribution in [0.3, 0.4) is 0 Å². The molecule has 2 heterocycles. The van der Waals surface area contributed by atoms with Gasteiger partial charge in [0.2, 0.25) is 0 Å². The Kier molecular flexibility index (Phi) is 8.51. The van der Waals surface area contributed by atoms with Crippen molar-refractivity contribution >= 4 is 56.4 Å². The van der Waals surface area contributed by atoms with E-state index in [2.05, 4.69) is 20.9 Å². The number of aromatic amines is 1. The van der Waals surface area contributed by atoms with E-state index in [0.717, 1.165) is 33.1 Å². The fourth-order valence-electron chi connectivity index (χ4n) is 6.88. The molecule has 0 aliphatic heterocycles. The number of imidazole rings is 1. The quantitative estimate of drug-likeness (QED) is 0.112. The SMILES string of the molecule is CC(C)(C)OC(=O)CC(=O)OC1CCC(Nc2cc(-n3c4ccccc4c4c(-c5nc6ccc(F)cc6[nH]5)cccc43)ccc2C(N)=O)CC1. The second kappa shape index (κ2) is 13.0. The molecule has 4 N–H and O–H groups in total. The smallest absolute Gasteiger partial charge is 0.317 e. The summed E-state index contributed by atoms with van der Waals surface area (Å²) in [5, 5.41) is 5.54. The minimum Gasteiger partial charge on any atom is -0.462 e. The number of nitrogens with two attached hydrogens (primary N) is 1. The predicted molar refractivity (Wildman–Crippen MR) is 191 cm³/mol. The molecule has 1 amide bonds. The summed E-state index contributed by atoms with van der Waals surface area (Å²) in [6.07, 6.45) is 1.86. The Morgan fingerprint density at radius 1 is 0.940 bits per heavy atom. The average Bonchev–Trinajstić information content (AvgIpc) is 3.63. The zero-order valence-electron chi connectivity index (χ0n) is 28.1. The van der Waals surface area contributed by atoms with Crippen LogP contribution in [0.1, 0.15) is 63.2 Å². The first-order valence-electron chi connectivity index (χ1n) is 16.7. The number of rotatable bonds is 8. The molecule has 10 nitrogen and oxygen atoms in total. The number of amides is 1. The molecule has 256 valence electrons. The lowest BCUT2D eigenvalue weighted by Crippen LogP contribution is -2.32. The third kappa shape index (κ3) is 6.63. The summed E-state index contributed by atoms with van der Waals surface area (Å²) >= 11 is 0. The molecule has 4 aromatic carbocycles. The van der Waals surface area contributed by atoms with E-state index in [1.165, 1.54) is 12.1 Å². The van der Waals surface area contributed by atoms with Crippen LogP contribution in [-0.4, -0.2) is 50.1 Å². The van der Waals surface area contributed by atoms with Gasteiger partial charge in [-0.3, -0.25) is 14.4 Å². The number of hydrogen-bond donors (Lipinski definition) is 3. The Bertz CT molecular complexity index is 2280. The number of H-pyrrole nitrogens is 1. The zero-order chi connectivity index (χ0) is 35.2. The van der Waals surface area contributed by atoms with Gasteiger partial charge in [0.1, 0.15) is 29.8 Å². The fraction of sp³-hybridized carbons (Fsp3) is 0.282. The lowest BCUT2D eigenvalue weighted by molar-refractivity contribution is -0.164. The lowest BCUT2D eigenvalue weighted by atomic mass is 9.92. The van der Waals surface area contributed by atoms with Gasteiger partial charge in [0.05, 0.1) is 27.6 Å². The van der Waals surface area contributed by atoms with Gasteiger partial charge < -0.3 is 30.1 Å². The molecule has 1 aliphatic rings. The van der Waals surface area contributed by atoms with Gasteiger partial charge in [0.25, 0.3) is 5.91 Å². The van der Waals surface area contributed by atoms with Crippen LogP contribution >= 0.6 is 0 Å². The van der Waals surface area contributed by atoms with Crippen LogP contribution in [0.25, 0.3) is 49.9 Å². The molecule has 6 aromatic rings. The van der Waals surface area contributed by atoms with Gasteiger partial charge in [-0.25, -0.2) is 9.37 Å². The highest BCUT2D eigenvalue weighted by Gasteiger charge is 2.27. The monoisotopic (exact) mass is 675 g/mol. The van der Waals surface area contributed by atoms with E-state index in [-0.39, 0.29) is 18.0 Å². The van der Waals surface area contributed by atoms with Gasteiger partial charge in [-0.1, -0.05) is 30.3 Å². The lowest BCUT2D eigenvalue weighted by Gasteiger charge is -2.30. The van der Waals surface area contributed by atoms with Crippen molar-refractivity contribution in [3.63, 3.8) is 0 Å². The van der Waals surface area contributed by atoms with Gasteiger partial charge in [-0.15, -0.1) is 0 Å². The van der Waals surface area contributed by atoms with Crippen LogP contribution in [-0.2, 0) is 19.1 Å². The third-order valence-corrected chi connectivity index (χ3v) is 8.96. The minimum absolute atomic E-state index is 0.00633. The number of anilines is 1. The van der Waals surface area contributed by atoms with E-state index in [0.29, 0.717) is 53.8 Å². The number of hydrogen-bond acceptors (Lipinski definition) is 7.